The van der Waals surface area contributed by atoms with Crippen LogP contribution >= 0.6 is 0 Å². The van der Waals surface area contributed by atoms with Gasteiger partial charge in [0.2, 0.25) is 0 Å². The summed E-state index contributed by atoms with van der Waals surface area (Å²) in [6, 6.07) is 0. The molecule has 0 amide bonds. The van der Waals surface area contributed by atoms with Gasteiger partial charge in [0, 0.05) is 22.3 Å². The Balaban J connectivity index is 2.49. The SMILES string of the molecule is CC(C)=CCCC(C)=CCCC(C)=CCCC(C)(O)CCC1=C(C)C(=O)C(C)=C(C)C1=O. The Morgan fingerprint density at radius 1 is 0.750 bits per heavy atom. The maximum Gasteiger partial charge on any atom is 0.185 e. The van der Waals surface area contributed by atoms with E-state index < -0.39 is 5.60 Å². The van der Waals surface area contributed by atoms with Crippen molar-refractivity contribution in [3.05, 3.63) is 57.2 Å². The summed E-state index contributed by atoms with van der Waals surface area (Å²) in [6.45, 7) is 15.6. The van der Waals surface area contributed by atoms with Gasteiger partial charge < -0.3 is 5.11 Å². The van der Waals surface area contributed by atoms with Crippen LogP contribution in [0.2, 0.25) is 0 Å². The normalized spacial score (nSPS) is 17.8. The molecule has 1 N–H and O–H groups in total. The van der Waals surface area contributed by atoms with Crippen molar-refractivity contribution in [2.75, 3.05) is 0 Å². The number of rotatable bonds is 12. The predicted octanol–water partition coefficient (Wildman–Crippen LogP) is 7.52. The highest BCUT2D eigenvalue weighted by atomic mass is 16.3. The van der Waals surface area contributed by atoms with Crippen molar-refractivity contribution in [2.45, 2.75) is 112 Å². The Kier molecular flexibility index (Phi) is 11.3. The molecule has 0 saturated carbocycles. The van der Waals surface area contributed by atoms with Crippen molar-refractivity contribution in [1.82, 2.24) is 0 Å². The summed E-state index contributed by atoms with van der Waals surface area (Å²) in [5, 5.41) is 10.8. The molecule has 3 heteroatoms. The van der Waals surface area contributed by atoms with Crippen LogP contribution in [0.5, 0.6) is 0 Å². The molecule has 32 heavy (non-hydrogen) atoms. The number of aliphatic hydroxyl groups is 1. The summed E-state index contributed by atoms with van der Waals surface area (Å²) >= 11 is 0. The first-order chi connectivity index (χ1) is 14.9. The first kappa shape index (κ1) is 28.0. The minimum Gasteiger partial charge on any atom is -0.390 e. The van der Waals surface area contributed by atoms with Crippen LogP contribution in [0.4, 0.5) is 0 Å². The maximum absolute atomic E-state index is 12.6. The molecule has 1 atom stereocenters. The van der Waals surface area contributed by atoms with Gasteiger partial charge in [0.05, 0.1) is 5.60 Å². The average molecular weight is 441 g/mol. The van der Waals surface area contributed by atoms with Gasteiger partial charge in [-0.3, -0.25) is 9.59 Å². The number of Topliss-reactive ketones (excluding diaryl/α,β-unsaturated/α-hetero) is 2. The quantitative estimate of drug-likeness (QED) is 0.252. The lowest BCUT2D eigenvalue weighted by Crippen LogP contribution is -2.26. The monoisotopic (exact) mass is 440 g/mol. The summed E-state index contributed by atoms with van der Waals surface area (Å²) in [5.74, 6) is -0.0909. The fourth-order valence-corrected chi connectivity index (χ4v) is 3.94. The zero-order chi connectivity index (χ0) is 24.5. The number of allylic oxidation sites excluding steroid dienone is 10. The molecule has 0 radical (unpaired) electrons. The van der Waals surface area contributed by atoms with Crippen molar-refractivity contribution < 1.29 is 14.7 Å². The standard InChI is InChI=1S/C29H44O3/c1-20(2)12-9-13-21(3)14-10-15-22(4)16-11-18-29(8,32)19-17-26-25(7)27(30)23(5)24(6)28(26)31/h12,14,16,32H,9-11,13,15,17-19H2,1-8H3. The van der Waals surface area contributed by atoms with Gasteiger partial charge in [-0.15, -0.1) is 0 Å². The van der Waals surface area contributed by atoms with Crippen molar-refractivity contribution in [3.8, 4) is 0 Å². The molecule has 0 aromatic heterocycles. The topological polar surface area (TPSA) is 54.4 Å². The maximum atomic E-state index is 12.6. The highest BCUT2D eigenvalue weighted by Gasteiger charge is 2.29. The van der Waals surface area contributed by atoms with Gasteiger partial charge in [-0.25, -0.2) is 0 Å². The van der Waals surface area contributed by atoms with Gasteiger partial charge in [0.15, 0.2) is 11.6 Å². The summed E-state index contributed by atoms with van der Waals surface area (Å²) in [6.07, 6.45) is 13.5. The lowest BCUT2D eigenvalue weighted by atomic mass is 9.82. The molecule has 0 fully saturated rings. The number of ketones is 2. The predicted molar refractivity (Wildman–Crippen MR) is 136 cm³/mol. The molecule has 0 bridgehead atoms. The molecule has 1 aliphatic carbocycles. The van der Waals surface area contributed by atoms with E-state index in [2.05, 4.69) is 45.9 Å². The summed E-state index contributed by atoms with van der Waals surface area (Å²) in [5.41, 5.74) is 5.48. The van der Waals surface area contributed by atoms with Gasteiger partial charge in [-0.05, 0) is 107 Å². The first-order valence-corrected chi connectivity index (χ1v) is 12.0. The summed E-state index contributed by atoms with van der Waals surface area (Å²) in [7, 11) is 0. The second-order valence-electron chi connectivity index (χ2n) is 10.0. The van der Waals surface area contributed by atoms with Crippen molar-refractivity contribution in [1.29, 1.82) is 0 Å². The second-order valence-corrected chi connectivity index (χ2v) is 10.0. The third-order valence-electron chi connectivity index (χ3n) is 6.52. The van der Waals surface area contributed by atoms with E-state index >= 15 is 0 Å². The van der Waals surface area contributed by atoms with Gasteiger partial charge >= 0.3 is 0 Å². The van der Waals surface area contributed by atoms with Crippen LogP contribution in [-0.2, 0) is 9.59 Å². The third kappa shape index (κ3) is 9.24. The molecular formula is C29H44O3. The number of hydrogen-bond donors (Lipinski definition) is 1. The fourth-order valence-electron chi connectivity index (χ4n) is 3.94. The van der Waals surface area contributed by atoms with Crippen molar-refractivity contribution in [2.24, 2.45) is 0 Å². The van der Waals surface area contributed by atoms with E-state index in [4.69, 9.17) is 0 Å². The molecule has 1 aliphatic rings. The minimum absolute atomic E-state index is 0.0449. The third-order valence-corrected chi connectivity index (χ3v) is 6.52. The highest BCUT2D eigenvalue weighted by Crippen LogP contribution is 2.30. The molecule has 0 aromatic carbocycles. The van der Waals surface area contributed by atoms with Crippen LogP contribution in [0.15, 0.2) is 57.2 Å². The molecule has 0 saturated heterocycles. The largest absolute Gasteiger partial charge is 0.390 e. The van der Waals surface area contributed by atoms with Crippen LogP contribution in [0.3, 0.4) is 0 Å². The molecule has 1 unspecified atom stereocenters. The van der Waals surface area contributed by atoms with Crippen molar-refractivity contribution in [3.63, 3.8) is 0 Å². The smallest absolute Gasteiger partial charge is 0.185 e. The number of carbonyl (C=O) groups is 2. The van der Waals surface area contributed by atoms with Gasteiger partial charge in [0.25, 0.3) is 0 Å². The van der Waals surface area contributed by atoms with Gasteiger partial charge in [-0.1, -0.05) is 34.9 Å². The van der Waals surface area contributed by atoms with Crippen molar-refractivity contribution >= 4 is 11.6 Å². The lowest BCUT2D eigenvalue weighted by molar-refractivity contribution is -0.116. The Morgan fingerprint density at radius 3 is 1.81 bits per heavy atom. The second kappa shape index (κ2) is 12.9. The molecule has 0 aliphatic heterocycles. The minimum atomic E-state index is -0.862. The number of carbonyl (C=O) groups excluding carboxylic acids is 2. The van der Waals surface area contributed by atoms with E-state index in [1.54, 1.807) is 20.8 Å². The van der Waals surface area contributed by atoms with Crippen LogP contribution in [0.25, 0.3) is 0 Å². The van der Waals surface area contributed by atoms with Crippen LogP contribution in [-0.4, -0.2) is 22.3 Å². The molecule has 0 heterocycles. The van der Waals surface area contributed by atoms with E-state index in [0.717, 1.165) is 32.1 Å². The molecule has 0 spiro atoms. The Bertz CT molecular complexity index is 853. The molecule has 0 aromatic rings. The van der Waals surface area contributed by atoms with Crippen LogP contribution in [0.1, 0.15) is 107 Å². The number of hydrogen-bond acceptors (Lipinski definition) is 3. The molecule has 1 rings (SSSR count). The molecule has 3 nitrogen and oxygen atoms in total. The Morgan fingerprint density at radius 2 is 1.25 bits per heavy atom. The van der Waals surface area contributed by atoms with E-state index in [9.17, 15) is 14.7 Å². The Labute approximate surface area is 196 Å². The van der Waals surface area contributed by atoms with Crippen LogP contribution < -0.4 is 0 Å². The zero-order valence-electron chi connectivity index (χ0n) is 21.7. The van der Waals surface area contributed by atoms with E-state index in [1.807, 2.05) is 6.92 Å². The molecule has 178 valence electrons. The zero-order valence-corrected chi connectivity index (χ0v) is 21.7. The fraction of sp³-hybridized carbons (Fsp3) is 0.586. The molecular weight excluding hydrogens is 396 g/mol. The van der Waals surface area contributed by atoms with E-state index in [1.165, 1.54) is 16.7 Å². The van der Waals surface area contributed by atoms with Gasteiger partial charge in [-0.2, -0.15) is 0 Å². The Hall–Kier alpha value is -2.00. The lowest BCUT2D eigenvalue weighted by Gasteiger charge is -2.25. The van der Waals surface area contributed by atoms with E-state index in [-0.39, 0.29) is 11.6 Å². The van der Waals surface area contributed by atoms with Gasteiger partial charge in [0.1, 0.15) is 0 Å². The highest BCUT2D eigenvalue weighted by molar-refractivity contribution is 6.24. The van der Waals surface area contributed by atoms with Crippen LogP contribution in [0, 0.1) is 0 Å². The average Bonchev–Trinajstić information content (AvgIpc) is 2.70. The summed E-state index contributed by atoms with van der Waals surface area (Å²) < 4.78 is 0. The first-order valence-electron chi connectivity index (χ1n) is 12.0. The summed E-state index contributed by atoms with van der Waals surface area (Å²) in [4.78, 5) is 24.9. The van der Waals surface area contributed by atoms with E-state index in [0.29, 0.717) is 41.6 Å².